The number of nitrogens with zero attached hydrogens (tertiary/aromatic N) is 3. The summed E-state index contributed by atoms with van der Waals surface area (Å²) in [7, 11) is -3.66. The van der Waals surface area contributed by atoms with E-state index in [1.165, 1.54) is 48.5 Å². The summed E-state index contributed by atoms with van der Waals surface area (Å²) in [5.41, 5.74) is 5.73. The van der Waals surface area contributed by atoms with Crippen molar-refractivity contribution in [2.45, 2.75) is 62.2 Å². The summed E-state index contributed by atoms with van der Waals surface area (Å²) in [6.07, 6.45) is -4.48. The molecule has 2 fully saturated rings. The largest absolute Gasteiger partial charge is 0.480 e. The van der Waals surface area contributed by atoms with Gasteiger partial charge < -0.3 is 25.8 Å². The third-order valence-corrected chi connectivity index (χ3v) is 10.7. The minimum Gasteiger partial charge on any atom is -0.480 e. The lowest BCUT2D eigenvalue weighted by Gasteiger charge is -2.39. The molecule has 0 unspecified atom stereocenters. The van der Waals surface area contributed by atoms with Crippen LogP contribution >= 0.6 is 11.6 Å². The second kappa shape index (κ2) is 13.2. The van der Waals surface area contributed by atoms with Crippen molar-refractivity contribution < 1.29 is 36.2 Å². The van der Waals surface area contributed by atoms with Crippen LogP contribution in [0.15, 0.2) is 53.4 Å². The van der Waals surface area contributed by atoms with Crippen LogP contribution in [0.4, 0.5) is 24.9 Å². The summed E-state index contributed by atoms with van der Waals surface area (Å²) in [5.74, 6) is -1.35. The second-order valence-electron chi connectivity index (χ2n) is 11.9. The van der Waals surface area contributed by atoms with Gasteiger partial charge in [0.05, 0.1) is 10.6 Å². The number of rotatable bonds is 10. The molecule has 1 aromatic heterocycles. The maximum atomic E-state index is 14.7. The molecule has 2 atom stereocenters. The van der Waals surface area contributed by atoms with E-state index in [0.29, 0.717) is 57.6 Å². The predicted molar refractivity (Wildman–Crippen MR) is 168 cm³/mol. The Morgan fingerprint density at radius 3 is 2.59 bits per heavy atom. The first-order chi connectivity index (χ1) is 21.7. The normalized spacial score (nSPS) is 18.9. The molecule has 10 nitrogen and oxygen atoms in total. The third-order valence-electron chi connectivity index (χ3n) is 8.62. The van der Waals surface area contributed by atoms with Gasteiger partial charge in [0, 0.05) is 36.3 Å². The Labute approximate surface area is 270 Å². The highest BCUT2D eigenvalue weighted by Crippen LogP contribution is 2.43. The SMILES string of the molecule is CCCCS(=O)(=O)c1cccc(-c2cc(Cl)ccc2[C@@H](Oc2cc(N3CCC4(CC3)CN[C@H](C(=O)O)C4)nc(N)n2)C(F)(F)F)c1. The maximum absolute atomic E-state index is 14.7. The number of carboxylic acids is 1. The summed E-state index contributed by atoms with van der Waals surface area (Å²) < 4.78 is 75.5. The molecule has 3 heterocycles. The van der Waals surface area contributed by atoms with Gasteiger partial charge in [0.1, 0.15) is 11.9 Å². The number of alkyl halides is 3. The van der Waals surface area contributed by atoms with E-state index in [1.54, 1.807) is 0 Å². The number of hydrogen-bond donors (Lipinski definition) is 3. The fraction of sp³-hybridized carbons (Fsp3) is 0.452. The number of halogens is 4. The molecular weight excluding hydrogens is 647 g/mol. The molecule has 5 rings (SSSR count). The number of aromatic nitrogens is 2. The van der Waals surface area contributed by atoms with E-state index in [0.717, 1.165) is 0 Å². The molecule has 2 aliphatic rings. The van der Waals surface area contributed by atoms with Gasteiger partial charge in [-0.2, -0.15) is 23.1 Å². The standard InChI is InChI=1S/C31H35ClF3N5O5S/c1-2-3-13-46(43,44)21-6-4-5-19(14-21)23-15-20(32)7-8-22(23)27(31(33,34)35)45-26-16-25(38-29(36)39-26)40-11-9-30(10-12-40)17-24(28(41)42)37-18-30/h4-8,14-16,24,27,37H,2-3,9-13,17-18H2,1H3,(H,41,42)(H2,36,38,39)/t24-,27+/m0/s1. The van der Waals surface area contributed by atoms with Crippen molar-refractivity contribution in [1.82, 2.24) is 15.3 Å². The molecule has 0 amide bonds. The first-order valence-corrected chi connectivity index (χ1v) is 16.9. The molecule has 1 spiro atoms. The van der Waals surface area contributed by atoms with E-state index < -0.39 is 40.0 Å². The smallest absolute Gasteiger partial charge is 0.429 e. The molecule has 2 saturated heterocycles. The highest BCUT2D eigenvalue weighted by molar-refractivity contribution is 7.91. The lowest BCUT2D eigenvalue weighted by Crippen LogP contribution is -2.41. The number of aliphatic carboxylic acids is 1. The summed E-state index contributed by atoms with van der Waals surface area (Å²) in [4.78, 5) is 21.5. The number of anilines is 2. The van der Waals surface area contributed by atoms with Crippen LogP contribution in [0.3, 0.4) is 0 Å². The third kappa shape index (κ3) is 7.50. The number of piperidine rings is 1. The number of hydrogen-bond acceptors (Lipinski definition) is 9. The Bertz CT molecular complexity index is 1700. The van der Waals surface area contributed by atoms with E-state index >= 15 is 0 Å². The van der Waals surface area contributed by atoms with Crippen molar-refractivity contribution in [3.63, 3.8) is 0 Å². The van der Waals surface area contributed by atoms with Crippen molar-refractivity contribution in [2.75, 3.05) is 36.0 Å². The average Bonchev–Trinajstić information content (AvgIpc) is 3.42. The Morgan fingerprint density at radius 2 is 1.93 bits per heavy atom. The number of nitrogen functional groups attached to an aromatic ring is 1. The highest BCUT2D eigenvalue weighted by Gasteiger charge is 2.46. The van der Waals surface area contributed by atoms with Gasteiger partial charge in [0.2, 0.25) is 17.9 Å². The Balaban J connectivity index is 1.44. The average molecular weight is 682 g/mol. The fourth-order valence-corrected chi connectivity index (χ4v) is 7.75. The van der Waals surface area contributed by atoms with Gasteiger partial charge >= 0.3 is 12.1 Å². The summed E-state index contributed by atoms with van der Waals surface area (Å²) >= 11 is 6.22. The Hall–Kier alpha value is -3.62. The summed E-state index contributed by atoms with van der Waals surface area (Å²) in [6, 6.07) is 10.3. The van der Waals surface area contributed by atoms with Crippen LogP contribution in [0.25, 0.3) is 11.1 Å². The van der Waals surface area contributed by atoms with Crippen molar-refractivity contribution in [2.24, 2.45) is 5.41 Å². The molecule has 0 bridgehead atoms. The number of ether oxygens (including phenoxy) is 1. The zero-order valence-electron chi connectivity index (χ0n) is 25.1. The van der Waals surface area contributed by atoms with Crippen LogP contribution < -0.4 is 20.7 Å². The first kappa shape index (κ1) is 33.7. The molecule has 248 valence electrons. The zero-order valence-corrected chi connectivity index (χ0v) is 26.6. The van der Waals surface area contributed by atoms with Gasteiger partial charge in [-0.05, 0) is 66.5 Å². The lowest BCUT2D eigenvalue weighted by atomic mass is 9.76. The van der Waals surface area contributed by atoms with Crippen molar-refractivity contribution in [1.29, 1.82) is 0 Å². The van der Waals surface area contributed by atoms with Crippen LogP contribution in [0.1, 0.15) is 50.7 Å². The predicted octanol–water partition coefficient (Wildman–Crippen LogP) is 5.67. The first-order valence-electron chi connectivity index (χ1n) is 14.9. The van der Waals surface area contributed by atoms with Gasteiger partial charge in [0.25, 0.3) is 0 Å². The van der Waals surface area contributed by atoms with E-state index in [4.69, 9.17) is 22.1 Å². The van der Waals surface area contributed by atoms with E-state index in [1.807, 2.05) is 11.8 Å². The van der Waals surface area contributed by atoms with Crippen LogP contribution in [-0.2, 0) is 14.6 Å². The molecular formula is C31H35ClF3N5O5S. The summed E-state index contributed by atoms with van der Waals surface area (Å²) in [6.45, 7) is 3.42. The van der Waals surface area contributed by atoms with Gasteiger partial charge in [-0.1, -0.05) is 43.1 Å². The monoisotopic (exact) mass is 681 g/mol. The topological polar surface area (TPSA) is 148 Å². The number of carboxylic acid groups (broad SMARTS) is 1. The van der Waals surface area contributed by atoms with E-state index in [9.17, 15) is 31.5 Å². The lowest BCUT2D eigenvalue weighted by molar-refractivity contribution is -0.198. The van der Waals surface area contributed by atoms with Crippen molar-refractivity contribution in [3.05, 3.63) is 59.1 Å². The number of nitrogens with one attached hydrogen (secondary N) is 1. The number of unbranched alkanes of at least 4 members (excludes halogenated alkanes) is 1. The molecule has 3 aromatic rings. The Kier molecular flexibility index (Phi) is 9.71. The molecule has 0 radical (unpaired) electrons. The number of sulfone groups is 1. The second-order valence-corrected chi connectivity index (χ2v) is 14.4. The molecule has 0 saturated carbocycles. The van der Waals surface area contributed by atoms with Gasteiger partial charge in [-0.3, -0.25) is 4.79 Å². The van der Waals surface area contributed by atoms with Crippen molar-refractivity contribution >= 4 is 39.2 Å². The Morgan fingerprint density at radius 1 is 1.20 bits per heavy atom. The van der Waals surface area contributed by atoms with E-state index in [-0.39, 0.29) is 43.7 Å². The zero-order chi connectivity index (χ0) is 33.3. The maximum Gasteiger partial charge on any atom is 0.429 e. The number of nitrogens with two attached hydrogens (primary N) is 1. The molecule has 0 aliphatic carbocycles. The fourth-order valence-electron chi connectivity index (χ4n) is 6.08. The minimum absolute atomic E-state index is 0.00255. The molecule has 4 N–H and O–H groups in total. The molecule has 2 aliphatic heterocycles. The number of carbonyl (C=O) groups is 1. The van der Waals surface area contributed by atoms with Gasteiger partial charge in [-0.25, -0.2) is 8.42 Å². The van der Waals surface area contributed by atoms with Gasteiger partial charge in [-0.15, -0.1) is 0 Å². The van der Waals surface area contributed by atoms with Crippen molar-refractivity contribution in [3.8, 4) is 17.0 Å². The van der Waals surface area contributed by atoms with Crippen LogP contribution in [-0.4, -0.2) is 67.1 Å². The highest BCUT2D eigenvalue weighted by atomic mass is 35.5. The van der Waals surface area contributed by atoms with Gasteiger partial charge in [0.15, 0.2) is 9.84 Å². The van der Waals surface area contributed by atoms with Crippen LogP contribution in [0, 0.1) is 5.41 Å². The molecule has 15 heteroatoms. The number of benzene rings is 2. The quantitative estimate of drug-likeness (QED) is 0.245. The minimum atomic E-state index is -4.92. The molecule has 2 aromatic carbocycles. The molecule has 46 heavy (non-hydrogen) atoms. The van der Waals surface area contributed by atoms with Crippen LogP contribution in [0.5, 0.6) is 5.88 Å². The van der Waals surface area contributed by atoms with E-state index in [2.05, 4.69) is 15.3 Å². The van der Waals surface area contributed by atoms with Crippen LogP contribution in [0.2, 0.25) is 5.02 Å². The summed E-state index contributed by atoms with van der Waals surface area (Å²) in [5, 5.41) is 12.6.